The van der Waals surface area contributed by atoms with E-state index >= 15 is 0 Å². The van der Waals surface area contributed by atoms with Crippen molar-refractivity contribution in [2.45, 2.75) is 50.7 Å². The van der Waals surface area contributed by atoms with Crippen molar-refractivity contribution in [1.82, 2.24) is 10.3 Å². The van der Waals surface area contributed by atoms with Crippen LogP contribution in [0.25, 0.3) is 0 Å². The second-order valence-electron chi connectivity index (χ2n) is 5.74. The van der Waals surface area contributed by atoms with Crippen LogP contribution in [0.2, 0.25) is 0 Å². The normalized spacial score (nSPS) is 16.3. The molecule has 0 bridgehead atoms. The minimum Gasteiger partial charge on any atom is -0.345 e. The van der Waals surface area contributed by atoms with Crippen molar-refractivity contribution in [2.75, 3.05) is 5.32 Å². The predicted octanol–water partition coefficient (Wildman–Crippen LogP) is 2.17. The summed E-state index contributed by atoms with van der Waals surface area (Å²) < 4.78 is 37.9. The topological polar surface area (TPSA) is 91.1 Å². The zero-order chi connectivity index (χ0) is 17.7. The molecule has 0 spiro atoms. The Morgan fingerprint density at radius 3 is 2.29 bits per heavy atom. The van der Waals surface area contributed by atoms with Crippen molar-refractivity contribution in [3.63, 3.8) is 0 Å². The third kappa shape index (κ3) is 4.84. The fourth-order valence-electron chi connectivity index (χ4n) is 2.59. The molecule has 0 unspecified atom stereocenters. The number of nitrogens with one attached hydrogen (secondary N) is 3. The van der Waals surface area contributed by atoms with Gasteiger partial charge in [-0.15, -0.1) is 0 Å². The number of halogens is 3. The molecule has 1 aliphatic carbocycles. The van der Waals surface area contributed by atoms with Gasteiger partial charge in [0.1, 0.15) is 5.69 Å². The average Bonchev–Trinajstić information content (AvgIpc) is 2.76. The second kappa shape index (κ2) is 7.50. The maximum atomic E-state index is 12.6. The first-order valence-electron chi connectivity index (χ1n) is 7.69. The van der Waals surface area contributed by atoms with Crippen molar-refractivity contribution in [2.24, 2.45) is 0 Å². The third-order valence-electron chi connectivity index (χ3n) is 3.88. The largest absolute Gasteiger partial charge is 0.417 e. The summed E-state index contributed by atoms with van der Waals surface area (Å²) >= 11 is 0. The lowest BCUT2D eigenvalue weighted by Crippen LogP contribution is -2.42. The highest BCUT2D eigenvalue weighted by molar-refractivity contribution is 6.39. The first kappa shape index (κ1) is 18.0. The van der Waals surface area contributed by atoms with Gasteiger partial charge in [-0.3, -0.25) is 14.4 Å². The van der Waals surface area contributed by atoms with Gasteiger partial charge in [0, 0.05) is 12.2 Å². The number of rotatable bonds is 2. The van der Waals surface area contributed by atoms with E-state index < -0.39 is 34.8 Å². The van der Waals surface area contributed by atoms with Crippen LogP contribution in [0.1, 0.15) is 44.1 Å². The van der Waals surface area contributed by atoms with Gasteiger partial charge in [-0.2, -0.15) is 13.2 Å². The SMILES string of the molecule is O=C(Nc1cc(C(F)(F)F)c[nH]c1=O)C(=O)NC1CCCCCC1. The van der Waals surface area contributed by atoms with E-state index in [1.54, 1.807) is 0 Å². The summed E-state index contributed by atoms with van der Waals surface area (Å²) in [5.74, 6) is -2.12. The van der Waals surface area contributed by atoms with Gasteiger partial charge in [0.05, 0.1) is 5.56 Å². The molecule has 9 heteroatoms. The lowest BCUT2D eigenvalue weighted by molar-refractivity contribution is -0.137. The van der Waals surface area contributed by atoms with Crippen molar-refractivity contribution < 1.29 is 22.8 Å². The maximum absolute atomic E-state index is 12.6. The smallest absolute Gasteiger partial charge is 0.345 e. The lowest BCUT2D eigenvalue weighted by atomic mass is 10.1. The quantitative estimate of drug-likeness (QED) is 0.567. The van der Waals surface area contributed by atoms with Crippen molar-refractivity contribution >= 4 is 17.5 Å². The number of pyridine rings is 1. The summed E-state index contributed by atoms with van der Waals surface area (Å²) in [6.07, 6.45) is 1.36. The van der Waals surface area contributed by atoms with Crippen LogP contribution >= 0.6 is 0 Å². The van der Waals surface area contributed by atoms with Gasteiger partial charge in [-0.1, -0.05) is 25.7 Å². The number of hydrogen-bond acceptors (Lipinski definition) is 3. The van der Waals surface area contributed by atoms with E-state index in [1.165, 1.54) is 0 Å². The fourth-order valence-corrected chi connectivity index (χ4v) is 2.59. The zero-order valence-electron chi connectivity index (χ0n) is 12.8. The van der Waals surface area contributed by atoms with Crippen LogP contribution in [-0.2, 0) is 15.8 Å². The van der Waals surface area contributed by atoms with Crippen LogP contribution in [0.15, 0.2) is 17.1 Å². The van der Waals surface area contributed by atoms with Crippen LogP contribution in [0.3, 0.4) is 0 Å². The number of hydrogen-bond donors (Lipinski definition) is 3. The molecule has 1 aromatic rings. The van der Waals surface area contributed by atoms with E-state index in [0.29, 0.717) is 12.3 Å². The number of carbonyl (C=O) groups excluding carboxylic acids is 2. The number of carbonyl (C=O) groups is 2. The number of aromatic amines is 1. The number of H-pyrrole nitrogens is 1. The van der Waals surface area contributed by atoms with Gasteiger partial charge in [-0.05, 0) is 18.9 Å². The molecule has 1 aliphatic rings. The first-order chi connectivity index (χ1) is 11.3. The van der Waals surface area contributed by atoms with E-state index in [9.17, 15) is 27.6 Å². The average molecular weight is 345 g/mol. The van der Waals surface area contributed by atoms with E-state index in [0.717, 1.165) is 38.5 Å². The highest BCUT2D eigenvalue weighted by atomic mass is 19.4. The third-order valence-corrected chi connectivity index (χ3v) is 3.88. The highest BCUT2D eigenvalue weighted by Crippen LogP contribution is 2.29. The minimum atomic E-state index is -4.67. The van der Waals surface area contributed by atoms with Gasteiger partial charge >= 0.3 is 18.0 Å². The fraction of sp³-hybridized carbons (Fsp3) is 0.533. The summed E-state index contributed by atoms with van der Waals surface area (Å²) in [6.45, 7) is 0. The molecule has 0 atom stereocenters. The van der Waals surface area contributed by atoms with Crippen LogP contribution in [0, 0.1) is 0 Å². The van der Waals surface area contributed by atoms with Crippen LogP contribution in [-0.4, -0.2) is 22.8 Å². The summed E-state index contributed by atoms with van der Waals surface area (Å²) in [5.41, 5.74) is -2.66. The van der Waals surface area contributed by atoms with E-state index in [4.69, 9.17) is 0 Å². The van der Waals surface area contributed by atoms with Crippen molar-refractivity contribution in [3.8, 4) is 0 Å². The molecule has 6 nitrogen and oxygen atoms in total. The Balaban J connectivity index is 2.03. The number of aromatic nitrogens is 1. The Morgan fingerprint density at radius 1 is 1.08 bits per heavy atom. The molecular formula is C15H18F3N3O3. The van der Waals surface area contributed by atoms with E-state index in [2.05, 4.69) is 5.32 Å². The van der Waals surface area contributed by atoms with E-state index in [-0.39, 0.29) is 6.04 Å². The van der Waals surface area contributed by atoms with Crippen LogP contribution in [0.4, 0.5) is 18.9 Å². The molecule has 2 amide bonds. The van der Waals surface area contributed by atoms with Crippen molar-refractivity contribution in [1.29, 1.82) is 0 Å². The highest BCUT2D eigenvalue weighted by Gasteiger charge is 2.32. The first-order valence-corrected chi connectivity index (χ1v) is 7.69. The molecule has 0 aliphatic heterocycles. The number of anilines is 1. The molecule has 1 aromatic heterocycles. The lowest BCUT2D eigenvalue weighted by Gasteiger charge is -2.15. The predicted molar refractivity (Wildman–Crippen MR) is 80.3 cm³/mol. The Labute approximate surface area is 135 Å². The van der Waals surface area contributed by atoms with Crippen LogP contribution < -0.4 is 16.2 Å². The molecule has 0 saturated heterocycles. The Morgan fingerprint density at radius 2 is 1.71 bits per heavy atom. The molecule has 1 saturated carbocycles. The summed E-state index contributed by atoms with van der Waals surface area (Å²) in [4.78, 5) is 37.1. The molecule has 0 radical (unpaired) electrons. The summed E-state index contributed by atoms with van der Waals surface area (Å²) in [5, 5.41) is 4.49. The Kier molecular flexibility index (Phi) is 5.63. The van der Waals surface area contributed by atoms with Crippen LogP contribution in [0.5, 0.6) is 0 Å². The monoisotopic (exact) mass is 345 g/mol. The Hall–Kier alpha value is -2.32. The molecule has 2 rings (SSSR count). The summed E-state index contributed by atoms with van der Waals surface area (Å²) in [7, 11) is 0. The van der Waals surface area contributed by atoms with E-state index in [1.807, 2.05) is 10.3 Å². The molecule has 132 valence electrons. The van der Waals surface area contributed by atoms with Crippen molar-refractivity contribution in [3.05, 3.63) is 28.2 Å². The van der Waals surface area contributed by atoms with Gasteiger partial charge in [0.25, 0.3) is 5.56 Å². The Bertz CT molecular complexity index is 662. The number of alkyl halides is 3. The van der Waals surface area contributed by atoms with Gasteiger partial charge in [-0.25, -0.2) is 0 Å². The van der Waals surface area contributed by atoms with Gasteiger partial charge in [0.2, 0.25) is 0 Å². The molecule has 1 fully saturated rings. The van der Waals surface area contributed by atoms with Gasteiger partial charge < -0.3 is 15.6 Å². The molecule has 0 aromatic carbocycles. The maximum Gasteiger partial charge on any atom is 0.417 e. The standard InChI is InChI=1S/C15H18F3N3O3/c16-15(17,18)9-7-11(12(22)19-8-9)21-14(24)13(23)20-10-5-3-1-2-4-6-10/h7-8,10H,1-6H2,(H,19,22)(H,20,23)(H,21,24). The second-order valence-corrected chi connectivity index (χ2v) is 5.74. The van der Waals surface area contributed by atoms with Gasteiger partial charge in [0.15, 0.2) is 0 Å². The minimum absolute atomic E-state index is 0.134. The molecule has 3 N–H and O–H groups in total. The molecule has 24 heavy (non-hydrogen) atoms. The summed E-state index contributed by atoms with van der Waals surface area (Å²) in [6, 6.07) is 0.362. The number of amides is 2. The molecular weight excluding hydrogens is 327 g/mol. The molecule has 1 heterocycles. The zero-order valence-corrected chi connectivity index (χ0v) is 12.8.